The van der Waals surface area contributed by atoms with Gasteiger partial charge >= 0.3 is 0 Å². The minimum absolute atomic E-state index is 0.668. The molecule has 2 rings (SSSR count). The molecule has 0 aromatic carbocycles. The van der Waals surface area contributed by atoms with Crippen molar-refractivity contribution in [2.45, 2.75) is 26.8 Å². The number of nitrogens with zero attached hydrogens (tertiary/aromatic N) is 1. The molecule has 0 saturated heterocycles. The van der Waals surface area contributed by atoms with Crippen molar-refractivity contribution in [3.05, 3.63) is 35.4 Å². The molecule has 0 aliphatic heterocycles. The lowest BCUT2D eigenvalue weighted by molar-refractivity contribution is 0.518. The third kappa shape index (κ3) is 2.03. The van der Waals surface area contributed by atoms with Crippen LogP contribution in [0.5, 0.6) is 0 Å². The average molecular weight is 205 g/mol. The van der Waals surface area contributed by atoms with Crippen LogP contribution in [0.4, 0.5) is 5.82 Å². The summed E-state index contributed by atoms with van der Waals surface area (Å²) in [6.07, 6.45) is 2.65. The molecule has 4 heteroatoms. The van der Waals surface area contributed by atoms with Gasteiger partial charge in [0.05, 0.1) is 12.8 Å². The molecule has 2 aromatic heterocycles. The lowest BCUT2D eigenvalue weighted by Crippen LogP contribution is -1.99. The van der Waals surface area contributed by atoms with E-state index in [9.17, 15) is 0 Å². The van der Waals surface area contributed by atoms with Gasteiger partial charge in [-0.2, -0.15) is 5.10 Å². The molecule has 0 bridgehead atoms. The van der Waals surface area contributed by atoms with Crippen molar-refractivity contribution in [1.82, 2.24) is 10.2 Å². The van der Waals surface area contributed by atoms with E-state index in [4.69, 9.17) is 4.42 Å². The Hall–Kier alpha value is -1.71. The third-order valence-electron chi connectivity index (χ3n) is 2.47. The number of hydrogen-bond acceptors (Lipinski definition) is 3. The fraction of sp³-hybridized carbons (Fsp3) is 0.364. The minimum atomic E-state index is 0.668. The summed E-state index contributed by atoms with van der Waals surface area (Å²) in [4.78, 5) is 0. The van der Waals surface area contributed by atoms with Crippen LogP contribution >= 0.6 is 0 Å². The number of aromatic amines is 1. The average Bonchev–Trinajstić information content (AvgIpc) is 2.85. The second-order valence-electron chi connectivity index (χ2n) is 3.46. The molecule has 0 fully saturated rings. The van der Waals surface area contributed by atoms with Crippen molar-refractivity contribution in [1.29, 1.82) is 0 Å². The van der Waals surface area contributed by atoms with E-state index in [0.29, 0.717) is 6.54 Å². The zero-order valence-corrected chi connectivity index (χ0v) is 9.00. The first-order valence-electron chi connectivity index (χ1n) is 5.11. The Morgan fingerprint density at radius 1 is 1.53 bits per heavy atom. The molecule has 2 heterocycles. The van der Waals surface area contributed by atoms with Crippen molar-refractivity contribution >= 4 is 5.82 Å². The highest BCUT2D eigenvalue weighted by molar-refractivity contribution is 5.45. The summed E-state index contributed by atoms with van der Waals surface area (Å²) >= 11 is 0. The van der Waals surface area contributed by atoms with Crippen LogP contribution in [-0.2, 0) is 13.0 Å². The number of hydrogen-bond donors (Lipinski definition) is 2. The molecule has 0 aliphatic rings. The maximum atomic E-state index is 5.23. The number of aryl methyl sites for hydroxylation is 1. The van der Waals surface area contributed by atoms with E-state index in [2.05, 4.69) is 29.4 Å². The standard InChI is InChI=1S/C11H15N3O/c1-3-10-8(2)11(14-13-10)12-7-9-5-4-6-15-9/h4-6H,3,7H2,1-2H3,(H2,12,13,14). The monoisotopic (exact) mass is 205 g/mol. The van der Waals surface area contributed by atoms with Crippen LogP contribution in [0.3, 0.4) is 0 Å². The van der Waals surface area contributed by atoms with E-state index in [0.717, 1.165) is 18.0 Å². The van der Waals surface area contributed by atoms with Gasteiger partial charge in [-0.1, -0.05) is 6.92 Å². The Bertz CT molecular complexity index is 417. The Morgan fingerprint density at radius 3 is 3.00 bits per heavy atom. The van der Waals surface area contributed by atoms with Crippen molar-refractivity contribution in [2.24, 2.45) is 0 Å². The van der Waals surface area contributed by atoms with Crippen LogP contribution in [0.25, 0.3) is 0 Å². The molecule has 0 spiro atoms. The highest BCUT2D eigenvalue weighted by Gasteiger charge is 2.06. The van der Waals surface area contributed by atoms with E-state index >= 15 is 0 Å². The molecule has 0 atom stereocenters. The van der Waals surface area contributed by atoms with Crippen molar-refractivity contribution in [3.63, 3.8) is 0 Å². The number of nitrogens with one attached hydrogen (secondary N) is 2. The summed E-state index contributed by atoms with van der Waals surface area (Å²) in [7, 11) is 0. The van der Waals surface area contributed by atoms with E-state index in [1.165, 1.54) is 11.3 Å². The molecule has 2 N–H and O–H groups in total. The molecular formula is C11H15N3O. The smallest absolute Gasteiger partial charge is 0.151 e. The van der Waals surface area contributed by atoms with Gasteiger partial charge in [-0.15, -0.1) is 0 Å². The molecule has 0 unspecified atom stereocenters. The first-order chi connectivity index (χ1) is 7.31. The second kappa shape index (κ2) is 4.21. The molecular weight excluding hydrogens is 190 g/mol. The van der Waals surface area contributed by atoms with E-state index in [1.807, 2.05) is 12.1 Å². The molecule has 0 amide bonds. The lowest BCUT2D eigenvalue weighted by atomic mass is 10.2. The summed E-state index contributed by atoms with van der Waals surface area (Å²) in [6, 6.07) is 3.82. The predicted molar refractivity (Wildman–Crippen MR) is 58.7 cm³/mol. The number of rotatable bonds is 4. The van der Waals surface area contributed by atoms with Gasteiger partial charge in [0, 0.05) is 11.3 Å². The van der Waals surface area contributed by atoms with Gasteiger partial charge in [-0.05, 0) is 25.5 Å². The topological polar surface area (TPSA) is 53.9 Å². The van der Waals surface area contributed by atoms with Crippen molar-refractivity contribution < 1.29 is 4.42 Å². The van der Waals surface area contributed by atoms with Gasteiger partial charge in [0.25, 0.3) is 0 Å². The Labute approximate surface area is 88.7 Å². The number of furan rings is 1. The van der Waals surface area contributed by atoms with Gasteiger partial charge in [-0.25, -0.2) is 0 Å². The van der Waals surface area contributed by atoms with E-state index < -0.39 is 0 Å². The van der Waals surface area contributed by atoms with Crippen LogP contribution < -0.4 is 5.32 Å². The summed E-state index contributed by atoms with van der Waals surface area (Å²) in [5.74, 6) is 1.82. The predicted octanol–water partition coefficient (Wildman–Crippen LogP) is 2.49. The van der Waals surface area contributed by atoms with E-state index in [-0.39, 0.29) is 0 Å². The molecule has 80 valence electrons. The number of H-pyrrole nitrogens is 1. The van der Waals surface area contributed by atoms with Crippen LogP contribution in [0.1, 0.15) is 23.9 Å². The Kier molecular flexibility index (Phi) is 2.76. The van der Waals surface area contributed by atoms with Gasteiger partial charge in [0.2, 0.25) is 0 Å². The maximum absolute atomic E-state index is 5.23. The second-order valence-corrected chi connectivity index (χ2v) is 3.46. The maximum Gasteiger partial charge on any atom is 0.151 e. The summed E-state index contributed by atoms with van der Waals surface area (Å²) in [6.45, 7) is 4.84. The lowest BCUT2D eigenvalue weighted by Gasteiger charge is -2.01. The SMILES string of the molecule is CCc1[nH]nc(NCc2ccco2)c1C. The molecule has 4 nitrogen and oxygen atoms in total. The molecule has 0 radical (unpaired) electrons. The first-order valence-corrected chi connectivity index (χ1v) is 5.11. The fourth-order valence-electron chi connectivity index (χ4n) is 1.53. The minimum Gasteiger partial charge on any atom is -0.467 e. The summed E-state index contributed by atoms with van der Waals surface area (Å²) in [5, 5.41) is 10.5. The van der Waals surface area contributed by atoms with E-state index in [1.54, 1.807) is 6.26 Å². The zero-order chi connectivity index (χ0) is 10.7. The normalized spacial score (nSPS) is 10.5. The Balaban J connectivity index is 2.02. The van der Waals surface area contributed by atoms with Crippen molar-refractivity contribution in [3.8, 4) is 0 Å². The Morgan fingerprint density at radius 2 is 2.40 bits per heavy atom. The molecule has 15 heavy (non-hydrogen) atoms. The van der Waals surface area contributed by atoms with Crippen LogP contribution in [0, 0.1) is 6.92 Å². The first kappa shape index (κ1) is 9.83. The van der Waals surface area contributed by atoms with Gasteiger partial charge < -0.3 is 9.73 Å². The van der Waals surface area contributed by atoms with Crippen LogP contribution in [0.2, 0.25) is 0 Å². The van der Waals surface area contributed by atoms with Gasteiger partial charge in [-0.3, -0.25) is 5.10 Å². The van der Waals surface area contributed by atoms with Crippen LogP contribution in [0.15, 0.2) is 22.8 Å². The summed E-state index contributed by atoms with van der Waals surface area (Å²) in [5.41, 5.74) is 2.36. The highest BCUT2D eigenvalue weighted by atomic mass is 16.3. The largest absolute Gasteiger partial charge is 0.467 e. The van der Waals surface area contributed by atoms with Crippen molar-refractivity contribution in [2.75, 3.05) is 5.32 Å². The van der Waals surface area contributed by atoms with Gasteiger partial charge in [0.1, 0.15) is 5.76 Å². The van der Waals surface area contributed by atoms with Crippen LogP contribution in [-0.4, -0.2) is 10.2 Å². The molecule has 2 aromatic rings. The fourth-order valence-corrected chi connectivity index (χ4v) is 1.53. The summed E-state index contributed by atoms with van der Waals surface area (Å²) < 4.78 is 5.23. The number of anilines is 1. The zero-order valence-electron chi connectivity index (χ0n) is 9.00. The number of aromatic nitrogens is 2. The third-order valence-corrected chi connectivity index (χ3v) is 2.47. The molecule has 0 saturated carbocycles. The quantitative estimate of drug-likeness (QED) is 0.806. The van der Waals surface area contributed by atoms with Gasteiger partial charge in [0.15, 0.2) is 5.82 Å². The highest BCUT2D eigenvalue weighted by Crippen LogP contribution is 2.16. The molecule has 0 aliphatic carbocycles.